The molecule has 0 aromatic carbocycles. The Hall–Kier alpha value is -2.63. The van der Waals surface area contributed by atoms with E-state index in [0.717, 1.165) is 57.8 Å². The topological polar surface area (TPSA) is 78.9 Å². The van der Waals surface area contributed by atoms with Crippen LogP contribution in [0.15, 0.2) is 48.6 Å². The highest BCUT2D eigenvalue weighted by Crippen LogP contribution is 2.14. The lowest BCUT2D eigenvalue weighted by atomic mass is 10.1. The van der Waals surface area contributed by atoms with E-state index in [4.69, 9.17) is 14.2 Å². The lowest BCUT2D eigenvalue weighted by Gasteiger charge is -2.18. The Morgan fingerprint density at radius 2 is 0.782 bits per heavy atom. The van der Waals surface area contributed by atoms with Crippen LogP contribution in [0.25, 0.3) is 0 Å². The fraction of sp³-hybridized carbons (Fsp3) is 0.776. The van der Waals surface area contributed by atoms with Gasteiger partial charge >= 0.3 is 17.9 Å². The van der Waals surface area contributed by atoms with Gasteiger partial charge in [0.05, 0.1) is 6.42 Å². The second-order valence-electron chi connectivity index (χ2n) is 15.3. The minimum atomic E-state index is -0.804. The summed E-state index contributed by atoms with van der Waals surface area (Å²) >= 11 is 0. The van der Waals surface area contributed by atoms with E-state index in [9.17, 15) is 14.4 Å². The maximum Gasteiger partial charge on any atom is 0.309 e. The number of rotatable bonds is 41. The quantitative estimate of drug-likeness (QED) is 0.0267. The number of ether oxygens (including phenoxy) is 3. The van der Waals surface area contributed by atoms with Crippen LogP contribution in [0.1, 0.15) is 226 Å². The van der Waals surface area contributed by atoms with Crippen LogP contribution in [0.3, 0.4) is 0 Å². The monoisotopic (exact) mass is 771 g/mol. The molecule has 0 N–H and O–H groups in total. The molecule has 1 atom stereocenters. The van der Waals surface area contributed by atoms with Gasteiger partial charge in [-0.2, -0.15) is 0 Å². The molecule has 0 aromatic rings. The van der Waals surface area contributed by atoms with Crippen molar-refractivity contribution in [3.63, 3.8) is 0 Å². The molecule has 0 aliphatic carbocycles. The van der Waals surface area contributed by atoms with Crippen molar-refractivity contribution in [2.45, 2.75) is 232 Å². The fourth-order valence-corrected chi connectivity index (χ4v) is 6.38. The zero-order chi connectivity index (χ0) is 40.1. The zero-order valence-electron chi connectivity index (χ0n) is 36.2. The maximum absolute atomic E-state index is 12.7. The van der Waals surface area contributed by atoms with Crippen molar-refractivity contribution in [1.29, 1.82) is 0 Å². The van der Waals surface area contributed by atoms with Crippen molar-refractivity contribution in [3.8, 4) is 0 Å². The number of carbonyl (C=O) groups is 3. The lowest BCUT2D eigenvalue weighted by Crippen LogP contribution is -2.30. The van der Waals surface area contributed by atoms with Gasteiger partial charge in [-0.15, -0.1) is 0 Å². The summed E-state index contributed by atoms with van der Waals surface area (Å²) in [6.07, 6.45) is 51.3. The largest absolute Gasteiger partial charge is 0.462 e. The van der Waals surface area contributed by atoms with E-state index in [1.807, 2.05) is 6.08 Å². The molecular formula is C49H86O6. The summed E-state index contributed by atoms with van der Waals surface area (Å²) < 4.78 is 16.6. The molecule has 0 aliphatic rings. The first-order valence-electron chi connectivity index (χ1n) is 23.1. The van der Waals surface area contributed by atoms with Gasteiger partial charge < -0.3 is 14.2 Å². The predicted molar refractivity (Wildman–Crippen MR) is 233 cm³/mol. The van der Waals surface area contributed by atoms with E-state index < -0.39 is 12.1 Å². The Balaban J connectivity index is 4.36. The van der Waals surface area contributed by atoms with Crippen molar-refractivity contribution in [2.24, 2.45) is 0 Å². The molecule has 0 saturated carbocycles. The van der Waals surface area contributed by atoms with Crippen molar-refractivity contribution < 1.29 is 28.6 Å². The van der Waals surface area contributed by atoms with Crippen molar-refractivity contribution in [1.82, 2.24) is 0 Å². The van der Waals surface area contributed by atoms with Gasteiger partial charge in [-0.3, -0.25) is 14.4 Å². The highest BCUT2D eigenvalue weighted by molar-refractivity contribution is 5.72. The van der Waals surface area contributed by atoms with Gasteiger partial charge in [0, 0.05) is 12.8 Å². The summed E-state index contributed by atoms with van der Waals surface area (Å²) in [4.78, 5) is 37.6. The van der Waals surface area contributed by atoms with E-state index in [0.29, 0.717) is 12.8 Å². The Morgan fingerprint density at radius 3 is 1.25 bits per heavy atom. The van der Waals surface area contributed by atoms with Gasteiger partial charge in [0.15, 0.2) is 6.10 Å². The van der Waals surface area contributed by atoms with E-state index in [1.165, 1.54) is 128 Å². The highest BCUT2D eigenvalue weighted by Gasteiger charge is 2.19. The highest BCUT2D eigenvalue weighted by atomic mass is 16.6. The first kappa shape index (κ1) is 52.4. The van der Waals surface area contributed by atoms with Gasteiger partial charge in [0.25, 0.3) is 0 Å². The molecule has 0 heterocycles. The van der Waals surface area contributed by atoms with Crippen LogP contribution >= 0.6 is 0 Å². The van der Waals surface area contributed by atoms with E-state index in [2.05, 4.69) is 57.2 Å². The zero-order valence-corrected chi connectivity index (χ0v) is 36.2. The predicted octanol–water partition coefficient (Wildman–Crippen LogP) is 14.8. The summed E-state index contributed by atoms with van der Waals surface area (Å²) in [5.41, 5.74) is 0. The Kier molecular flexibility index (Phi) is 42.0. The molecule has 0 spiro atoms. The summed E-state index contributed by atoms with van der Waals surface area (Å²) in [5, 5.41) is 0. The summed E-state index contributed by atoms with van der Waals surface area (Å²) in [6, 6.07) is 0. The SMILES string of the molecule is CC/C=C\C/C=C\C/C=C\CC(=O)OCC(COC(=O)CCCCCCCCC/C=C\CCCCCCCC)OC(=O)CCCCCCCCCCCCC. The van der Waals surface area contributed by atoms with Crippen LogP contribution in [-0.2, 0) is 28.6 Å². The number of carbonyl (C=O) groups excluding carboxylic acids is 3. The van der Waals surface area contributed by atoms with Crippen molar-refractivity contribution in [3.05, 3.63) is 48.6 Å². The minimum Gasteiger partial charge on any atom is -0.462 e. The second-order valence-corrected chi connectivity index (χ2v) is 15.3. The molecule has 0 amide bonds. The van der Waals surface area contributed by atoms with E-state index in [1.54, 1.807) is 6.08 Å². The minimum absolute atomic E-state index is 0.101. The number of esters is 3. The van der Waals surface area contributed by atoms with Crippen LogP contribution in [0.2, 0.25) is 0 Å². The summed E-state index contributed by atoms with van der Waals surface area (Å²) in [6.45, 7) is 6.40. The second kappa shape index (κ2) is 44.1. The van der Waals surface area contributed by atoms with Crippen LogP contribution in [0.4, 0.5) is 0 Å². The maximum atomic E-state index is 12.7. The number of hydrogen-bond acceptors (Lipinski definition) is 6. The molecule has 0 saturated heterocycles. The van der Waals surface area contributed by atoms with Gasteiger partial charge in [0.2, 0.25) is 0 Å². The molecule has 6 nitrogen and oxygen atoms in total. The van der Waals surface area contributed by atoms with Crippen LogP contribution in [0, 0.1) is 0 Å². The smallest absolute Gasteiger partial charge is 0.309 e. The third-order valence-electron chi connectivity index (χ3n) is 9.85. The first-order valence-corrected chi connectivity index (χ1v) is 23.1. The molecule has 0 bridgehead atoms. The molecular weight excluding hydrogens is 685 g/mol. The number of unbranched alkanes of at least 4 members (excludes halogenated alkanes) is 23. The Labute approximate surface area is 339 Å². The first-order chi connectivity index (χ1) is 27.0. The Morgan fingerprint density at radius 1 is 0.400 bits per heavy atom. The van der Waals surface area contributed by atoms with Gasteiger partial charge in [0.1, 0.15) is 13.2 Å². The van der Waals surface area contributed by atoms with Gasteiger partial charge in [-0.05, 0) is 57.8 Å². The van der Waals surface area contributed by atoms with Crippen LogP contribution in [-0.4, -0.2) is 37.2 Å². The molecule has 0 aliphatic heterocycles. The standard InChI is InChI=1S/C49H86O6/c1-4-7-10-13-16-19-21-22-23-24-25-26-28-30-33-36-39-42-48(51)54-45-46(44-53-47(50)41-38-35-32-29-18-15-12-9-6-3)55-49(52)43-40-37-34-31-27-20-17-14-11-8-5-2/h9,12,18,22-23,29,35,38,46H,4-8,10-11,13-17,19-21,24-28,30-34,36-37,39-45H2,1-3H3/b12-9-,23-22-,29-18-,38-35-. The number of hydrogen-bond donors (Lipinski definition) is 0. The molecule has 1 unspecified atom stereocenters. The normalized spacial score (nSPS) is 12.4. The molecule has 55 heavy (non-hydrogen) atoms. The van der Waals surface area contributed by atoms with Crippen LogP contribution < -0.4 is 0 Å². The molecule has 0 aromatic heterocycles. The molecule has 0 radical (unpaired) electrons. The van der Waals surface area contributed by atoms with E-state index in [-0.39, 0.29) is 31.6 Å². The third kappa shape index (κ3) is 42.4. The van der Waals surface area contributed by atoms with Crippen molar-refractivity contribution >= 4 is 17.9 Å². The van der Waals surface area contributed by atoms with E-state index >= 15 is 0 Å². The summed E-state index contributed by atoms with van der Waals surface area (Å²) in [5.74, 6) is -1.03. The molecule has 0 fully saturated rings. The molecule has 6 heteroatoms. The lowest BCUT2D eigenvalue weighted by molar-refractivity contribution is -0.166. The average Bonchev–Trinajstić information content (AvgIpc) is 3.18. The Bertz CT molecular complexity index is 980. The fourth-order valence-electron chi connectivity index (χ4n) is 6.38. The van der Waals surface area contributed by atoms with Crippen LogP contribution in [0.5, 0.6) is 0 Å². The van der Waals surface area contributed by atoms with Crippen molar-refractivity contribution in [2.75, 3.05) is 13.2 Å². The molecule has 318 valence electrons. The summed E-state index contributed by atoms with van der Waals surface area (Å²) in [7, 11) is 0. The molecule has 0 rings (SSSR count). The van der Waals surface area contributed by atoms with Gasteiger partial charge in [-0.25, -0.2) is 0 Å². The van der Waals surface area contributed by atoms with Gasteiger partial charge in [-0.1, -0.05) is 198 Å². The average molecular weight is 771 g/mol. The third-order valence-corrected chi connectivity index (χ3v) is 9.85. The number of allylic oxidation sites excluding steroid dienone is 7.